The van der Waals surface area contributed by atoms with Gasteiger partial charge in [0.15, 0.2) is 0 Å². The summed E-state index contributed by atoms with van der Waals surface area (Å²) in [6.07, 6.45) is 0.0721. The third-order valence-electron chi connectivity index (χ3n) is 1.33. The highest BCUT2D eigenvalue weighted by molar-refractivity contribution is 7.16. The summed E-state index contributed by atoms with van der Waals surface area (Å²) in [6.45, 7) is 1.87. The Morgan fingerprint density at radius 1 is 1.82 bits per heavy atom. The zero-order chi connectivity index (χ0) is 8.43. The third kappa shape index (κ3) is 1.94. The SMILES string of the molecule is Cc1cc(CC(=O)O)sc1N. The normalized spacial score (nSPS) is 9.91. The van der Waals surface area contributed by atoms with E-state index < -0.39 is 5.97 Å². The molecule has 11 heavy (non-hydrogen) atoms. The van der Waals surface area contributed by atoms with Crippen LogP contribution in [0.25, 0.3) is 0 Å². The van der Waals surface area contributed by atoms with Crippen molar-refractivity contribution in [2.24, 2.45) is 0 Å². The molecule has 3 N–H and O–H groups in total. The summed E-state index contributed by atoms with van der Waals surface area (Å²) >= 11 is 1.34. The van der Waals surface area contributed by atoms with E-state index in [0.717, 1.165) is 10.4 Å². The molecule has 0 radical (unpaired) electrons. The number of rotatable bonds is 2. The van der Waals surface area contributed by atoms with Gasteiger partial charge in [0.25, 0.3) is 0 Å². The summed E-state index contributed by atoms with van der Waals surface area (Å²) in [7, 11) is 0. The van der Waals surface area contributed by atoms with E-state index in [1.165, 1.54) is 11.3 Å². The van der Waals surface area contributed by atoms with Gasteiger partial charge in [-0.15, -0.1) is 11.3 Å². The lowest BCUT2D eigenvalue weighted by Crippen LogP contribution is -1.97. The van der Waals surface area contributed by atoms with Crippen LogP contribution in [0, 0.1) is 6.92 Å². The molecule has 3 nitrogen and oxygen atoms in total. The zero-order valence-corrected chi connectivity index (χ0v) is 6.94. The highest BCUT2D eigenvalue weighted by atomic mass is 32.1. The Kier molecular flexibility index (Phi) is 2.14. The first kappa shape index (κ1) is 8.07. The van der Waals surface area contributed by atoms with Crippen LogP contribution in [0.15, 0.2) is 6.07 Å². The van der Waals surface area contributed by atoms with E-state index in [4.69, 9.17) is 10.8 Å². The van der Waals surface area contributed by atoms with E-state index in [1.807, 2.05) is 13.0 Å². The number of aryl methyl sites for hydroxylation is 1. The van der Waals surface area contributed by atoms with Crippen LogP contribution >= 0.6 is 11.3 Å². The van der Waals surface area contributed by atoms with Gasteiger partial charge in [-0.25, -0.2) is 0 Å². The van der Waals surface area contributed by atoms with Gasteiger partial charge in [0.05, 0.1) is 11.4 Å². The number of carboxylic acid groups (broad SMARTS) is 1. The number of carboxylic acids is 1. The Morgan fingerprint density at radius 3 is 2.82 bits per heavy atom. The Hall–Kier alpha value is -1.03. The minimum atomic E-state index is -0.814. The van der Waals surface area contributed by atoms with Crippen molar-refractivity contribution in [3.8, 4) is 0 Å². The molecule has 0 amide bonds. The van der Waals surface area contributed by atoms with Crippen LogP contribution in [0.4, 0.5) is 5.00 Å². The highest BCUT2D eigenvalue weighted by Gasteiger charge is 2.05. The van der Waals surface area contributed by atoms with Gasteiger partial charge in [-0.2, -0.15) is 0 Å². The van der Waals surface area contributed by atoms with Gasteiger partial charge in [-0.3, -0.25) is 4.79 Å². The van der Waals surface area contributed by atoms with Gasteiger partial charge in [0.1, 0.15) is 0 Å². The summed E-state index contributed by atoms with van der Waals surface area (Å²) < 4.78 is 0. The zero-order valence-electron chi connectivity index (χ0n) is 6.13. The molecule has 0 aromatic carbocycles. The first-order chi connectivity index (χ1) is 5.09. The molecule has 0 aliphatic heterocycles. The third-order valence-corrected chi connectivity index (χ3v) is 2.40. The van der Waals surface area contributed by atoms with Crippen LogP contribution in [0.5, 0.6) is 0 Å². The van der Waals surface area contributed by atoms with Crippen molar-refractivity contribution in [2.45, 2.75) is 13.3 Å². The molecule has 0 fully saturated rings. The number of nitrogens with two attached hydrogens (primary N) is 1. The van der Waals surface area contributed by atoms with E-state index in [-0.39, 0.29) is 6.42 Å². The fraction of sp³-hybridized carbons (Fsp3) is 0.286. The van der Waals surface area contributed by atoms with Crippen LogP contribution in [0.1, 0.15) is 10.4 Å². The molecule has 0 aliphatic carbocycles. The quantitative estimate of drug-likeness (QED) is 0.704. The molecule has 0 unspecified atom stereocenters. The molecule has 0 atom stereocenters. The molecule has 1 heterocycles. The van der Waals surface area contributed by atoms with Crippen LogP contribution in [0.3, 0.4) is 0 Å². The first-order valence-corrected chi connectivity index (χ1v) is 3.98. The molecular formula is C7H9NO2S. The highest BCUT2D eigenvalue weighted by Crippen LogP contribution is 2.23. The summed E-state index contributed by atoms with van der Waals surface area (Å²) in [6, 6.07) is 1.81. The van der Waals surface area contributed by atoms with Gasteiger partial charge in [-0.05, 0) is 18.6 Å². The first-order valence-electron chi connectivity index (χ1n) is 3.16. The van der Waals surface area contributed by atoms with Gasteiger partial charge < -0.3 is 10.8 Å². The Bertz CT molecular complexity index is 260. The molecule has 0 saturated carbocycles. The largest absolute Gasteiger partial charge is 0.481 e. The predicted octanol–water partition coefficient (Wildman–Crippen LogP) is 1.27. The van der Waals surface area contributed by atoms with Crippen LogP contribution < -0.4 is 5.73 Å². The maximum Gasteiger partial charge on any atom is 0.308 e. The minimum absolute atomic E-state index is 0.0721. The number of thiophene rings is 1. The molecule has 0 aliphatic rings. The average Bonchev–Trinajstić information content (AvgIpc) is 2.10. The fourth-order valence-corrected chi connectivity index (χ4v) is 1.73. The number of carbonyl (C=O) groups is 1. The summed E-state index contributed by atoms with van der Waals surface area (Å²) in [5, 5.41) is 9.14. The van der Waals surface area contributed by atoms with Crippen molar-refractivity contribution in [2.75, 3.05) is 5.73 Å². The van der Waals surface area contributed by atoms with Crippen molar-refractivity contribution in [1.29, 1.82) is 0 Å². The summed E-state index contributed by atoms with van der Waals surface area (Å²) in [5.74, 6) is -0.814. The van der Waals surface area contributed by atoms with E-state index in [9.17, 15) is 4.79 Å². The monoisotopic (exact) mass is 171 g/mol. The second kappa shape index (κ2) is 2.92. The lowest BCUT2D eigenvalue weighted by atomic mass is 10.3. The summed E-state index contributed by atoms with van der Waals surface area (Å²) in [4.78, 5) is 11.1. The summed E-state index contributed by atoms with van der Waals surface area (Å²) in [5.41, 5.74) is 6.51. The topological polar surface area (TPSA) is 63.3 Å². The van der Waals surface area contributed by atoms with Crippen molar-refractivity contribution >= 4 is 22.3 Å². The smallest absolute Gasteiger partial charge is 0.308 e. The van der Waals surface area contributed by atoms with Crippen molar-refractivity contribution < 1.29 is 9.90 Å². The second-order valence-electron chi connectivity index (χ2n) is 2.33. The number of aliphatic carboxylic acids is 1. The molecule has 60 valence electrons. The molecule has 4 heteroatoms. The van der Waals surface area contributed by atoms with Gasteiger partial charge in [0.2, 0.25) is 0 Å². The standard InChI is InChI=1S/C7H9NO2S/c1-4-2-5(3-6(9)10)11-7(4)8/h2H,3,8H2,1H3,(H,9,10). The molecule has 1 rings (SSSR count). The lowest BCUT2D eigenvalue weighted by Gasteiger charge is -1.86. The maximum absolute atomic E-state index is 10.3. The second-order valence-corrected chi connectivity index (χ2v) is 3.50. The number of hydrogen-bond donors (Lipinski definition) is 2. The van der Waals surface area contributed by atoms with Crippen molar-refractivity contribution in [3.63, 3.8) is 0 Å². The van der Waals surface area contributed by atoms with Crippen LogP contribution in [-0.2, 0) is 11.2 Å². The molecule has 0 bridgehead atoms. The minimum Gasteiger partial charge on any atom is -0.481 e. The molecule has 1 aromatic heterocycles. The molecule has 0 saturated heterocycles. The van der Waals surface area contributed by atoms with E-state index in [1.54, 1.807) is 0 Å². The van der Waals surface area contributed by atoms with E-state index in [0.29, 0.717) is 5.00 Å². The van der Waals surface area contributed by atoms with E-state index in [2.05, 4.69) is 0 Å². The van der Waals surface area contributed by atoms with E-state index >= 15 is 0 Å². The Balaban J connectivity index is 2.81. The Labute approximate surface area is 68.5 Å². The number of nitrogen functional groups attached to an aromatic ring is 1. The molecule has 0 spiro atoms. The van der Waals surface area contributed by atoms with Gasteiger partial charge in [0, 0.05) is 4.88 Å². The molecule has 1 aromatic rings. The maximum atomic E-state index is 10.3. The van der Waals surface area contributed by atoms with Crippen LogP contribution in [0.2, 0.25) is 0 Å². The molecular weight excluding hydrogens is 162 g/mol. The van der Waals surface area contributed by atoms with Crippen LogP contribution in [-0.4, -0.2) is 11.1 Å². The predicted molar refractivity (Wildman–Crippen MR) is 44.8 cm³/mol. The average molecular weight is 171 g/mol. The van der Waals surface area contributed by atoms with Gasteiger partial charge >= 0.3 is 5.97 Å². The Morgan fingerprint density at radius 2 is 2.45 bits per heavy atom. The lowest BCUT2D eigenvalue weighted by molar-refractivity contribution is -0.136. The van der Waals surface area contributed by atoms with Crippen molar-refractivity contribution in [3.05, 3.63) is 16.5 Å². The van der Waals surface area contributed by atoms with Gasteiger partial charge in [-0.1, -0.05) is 0 Å². The number of anilines is 1. The fourth-order valence-electron chi connectivity index (χ4n) is 0.800. The number of hydrogen-bond acceptors (Lipinski definition) is 3. The van der Waals surface area contributed by atoms with Crippen molar-refractivity contribution in [1.82, 2.24) is 0 Å².